The highest BCUT2D eigenvalue weighted by Crippen LogP contribution is 2.26. The standard InChI is InChI=1S/C22H27F2N5O3/c1-22(2,3)32-21(31)29-8-7-17(16(24)12-29)28-18-10-19(26-11-15(18)20(25)30)27-14-6-4-5-13(23)9-14/h4-6,9-11,16-17H,7-8,12H2,1-3H3,(H2,25,30)(H2,26,27,28)/t16-,17+/m0/s1. The molecule has 1 saturated heterocycles. The molecule has 4 N–H and O–H groups in total. The normalized spacial score (nSPS) is 18.7. The van der Waals surface area contributed by atoms with E-state index in [9.17, 15) is 18.4 Å². The van der Waals surface area contributed by atoms with Crippen molar-refractivity contribution in [2.45, 2.75) is 45.0 Å². The zero-order chi connectivity index (χ0) is 23.5. The van der Waals surface area contributed by atoms with Crippen molar-refractivity contribution in [3.05, 3.63) is 47.9 Å². The van der Waals surface area contributed by atoms with Gasteiger partial charge in [0, 0.05) is 24.5 Å². The van der Waals surface area contributed by atoms with Crippen molar-refractivity contribution in [2.24, 2.45) is 5.73 Å². The number of halogens is 2. The second-order valence-corrected chi connectivity index (χ2v) is 8.60. The van der Waals surface area contributed by atoms with Gasteiger partial charge in [-0.05, 0) is 45.4 Å². The fourth-order valence-corrected chi connectivity index (χ4v) is 3.31. The number of ether oxygens (including phenoxy) is 1. The molecule has 32 heavy (non-hydrogen) atoms. The van der Waals surface area contributed by atoms with E-state index in [2.05, 4.69) is 15.6 Å². The Kier molecular flexibility index (Phi) is 6.81. The third kappa shape index (κ3) is 6.05. The Bertz CT molecular complexity index is 996. The molecule has 0 aliphatic carbocycles. The molecule has 8 nitrogen and oxygen atoms in total. The van der Waals surface area contributed by atoms with Gasteiger partial charge < -0.3 is 26.0 Å². The number of piperidine rings is 1. The number of nitrogens with zero attached hydrogens (tertiary/aromatic N) is 2. The van der Waals surface area contributed by atoms with E-state index in [0.717, 1.165) is 0 Å². The molecule has 0 radical (unpaired) electrons. The van der Waals surface area contributed by atoms with Crippen LogP contribution in [0.5, 0.6) is 0 Å². The maximum Gasteiger partial charge on any atom is 0.410 e. The van der Waals surface area contributed by atoms with Gasteiger partial charge in [-0.2, -0.15) is 0 Å². The summed E-state index contributed by atoms with van der Waals surface area (Å²) in [5.41, 5.74) is 5.63. The minimum absolute atomic E-state index is 0.0940. The van der Waals surface area contributed by atoms with Gasteiger partial charge in [0.25, 0.3) is 5.91 Å². The van der Waals surface area contributed by atoms with Gasteiger partial charge in [0.05, 0.1) is 23.8 Å². The Morgan fingerprint density at radius 2 is 2.03 bits per heavy atom. The molecule has 0 spiro atoms. The van der Waals surface area contributed by atoms with Gasteiger partial charge in [-0.25, -0.2) is 18.6 Å². The smallest absolute Gasteiger partial charge is 0.410 e. The van der Waals surface area contributed by atoms with Crippen molar-refractivity contribution in [2.75, 3.05) is 23.7 Å². The molecule has 3 rings (SSSR count). The number of hydrogen-bond acceptors (Lipinski definition) is 6. The molecule has 2 heterocycles. The third-order valence-electron chi connectivity index (χ3n) is 4.80. The summed E-state index contributed by atoms with van der Waals surface area (Å²) in [7, 11) is 0. The molecule has 172 valence electrons. The lowest BCUT2D eigenvalue weighted by Gasteiger charge is -2.36. The fourth-order valence-electron chi connectivity index (χ4n) is 3.31. The van der Waals surface area contributed by atoms with Crippen molar-refractivity contribution in [3.8, 4) is 0 Å². The van der Waals surface area contributed by atoms with Crippen molar-refractivity contribution in [1.29, 1.82) is 0 Å². The van der Waals surface area contributed by atoms with Crippen molar-refractivity contribution in [3.63, 3.8) is 0 Å². The maximum atomic E-state index is 14.9. The molecule has 0 unspecified atom stereocenters. The zero-order valence-corrected chi connectivity index (χ0v) is 18.2. The molecular weight excluding hydrogens is 420 g/mol. The van der Waals surface area contributed by atoms with Gasteiger partial charge in [-0.3, -0.25) is 4.79 Å². The predicted octanol–water partition coefficient (Wildman–Crippen LogP) is 3.82. The van der Waals surface area contributed by atoms with Crippen molar-refractivity contribution < 1.29 is 23.1 Å². The number of carbonyl (C=O) groups is 2. The summed E-state index contributed by atoms with van der Waals surface area (Å²) in [5.74, 6) is -0.817. The average molecular weight is 447 g/mol. The quantitative estimate of drug-likeness (QED) is 0.643. The highest BCUT2D eigenvalue weighted by atomic mass is 19.1. The topological polar surface area (TPSA) is 110 Å². The van der Waals surface area contributed by atoms with E-state index >= 15 is 0 Å². The van der Waals surface area contributed by atoms with E-state index in [0.29, 0.717) is 30.2 Å². The first-order chi connectivity index (χ1) is 15.0. The summed E-state index contributed by atoms with van der Waals surface area (Å²) >= 11 is 0. The Hall–Kier alpha value is -3.43. The fraction of sp³-hybridized carbons (Fsp3) is 0.409. The second kappa shape index (κ2) is 9.37. The van der Waals surface area contributed by atoms with Crippen LogP contribution < -0.4 is 16.4 Å². The Labute approximate surface area is 185 Å². The molecule has 10 heteroatoms. The molecule has 2 aromatic rings. The van der Waals surface area contributed by atoms with Crippen LogP contribution in [-0.4, -0.2) is 52.8 Å². The predicted molar refractivity (Wildman–Crippen MR) is 117 cm³/mol. The van der Waals surface area contributed by atoms with Gasteiger partial charge >= 0.3 is 6.09 Å². The number of pyridine rings is 1. The van der Waals surface area contributed by atoms with Gasteiger partial charge in [-0.1, -0.05) is 6.07 Å². The number of nitrogens with two attached hydrogens (primary N) is 1. The maximum absolute atomic E-state index is 14.9. The minimum Gasteiger partial charge on any atom is -0.444 e. The summed E-state index contributed by atoms with van der Waals surface area (Å²) < 4.78 is 33.6. The van der Waals surface area contributed by atoms with E-state index in [1.807, 2.05) is 0 Å². The van der Waals surface area contributed by atoms with Crippen LogP contribution in [0, 0.1) is 5.82 Å². The lowest BCUT2D eigenvalue weighted by atomic mass is 10.0. The van der Waals surface area contributed by atoms with Gasteiger partial charge in [-0.15, -0.1) is 0 Å². The largest absolute Gasteiger partial charge is 0.444 e. The van der Waals surface area contributed by atoms with Crippen molar-refractivity contribution in [1.82, 2.24) is 9.88 Å². The van der Waals surface area contributed by atoms with Crippen LogP contribution in [0.2, 0.25) is 0 Å². The van der Waals surface area contributed by atoms with Crippen LogP contribution in [0.4, 0.5) is 30.8 Å². The third-order valence-corrected chi connectivity index (χ3v) is 4.80. The molecule has 2 amide bonds. The van der Waals surface area contributed by atoms with Crippen LogP contribution in [0.1, 0.15) is 37.6 Å². The summed E-state index contributed by atoms with van der Waals surface area (Å²) in [6.45, 7) is 5.39. The van der Waals surface area contributed by atoms with Crippen LogP contribution in [0.15, 0.2) is 36.5 Å². The first-order valence-electron chi connectivity index (χ1n) is 10.2. The molecular formula is C22H27F2N5O3. The summed E-state index contributed by atoms with van der Waals surface area (Å²) in [4.78, 5) is 29.5. The number of hydrogen-bond donors (Lipinski definition) is 3. The number of aromatic nitrogens is 1. The lowest BCUT2D eigenvalue weighted by molar-refractivity contribution is 0.0125. The Morgan fingerprint density at radius 3 is 2.66 bits per heavy atom. The summed E-state index contributed by atoms with van der Waals surface area (Å²) in [6.07, 6.45) is -0.394. The Balaban J connectivity index is 1.73. The van der Waals surface area contributed by atoms with E-state index in [1.165, 1.54) is 29.3 Å². The van der Waals surface area contributed by atoms with Gasteiger partial charge in [0.2, 0.25) is 0 Å². The number of primary amides is 1. The minimum atomic E-state index is -1.40. The second-order valence-electron chi connectivity index (χ2n) is 8.60. The average Bonchev–Trinajstić information content (AvgIpc) is 2.68. The van der Waals surface area contributed by atoms with Gasteiger partial charge in [0.15, 0.2) is 0 Å². The monoisotopic (exact) mass is 447 g/mol. The van der Waals surface area contributed by atoms with E-state index in [1.54, 1.807) is 32.9 Å². The number of alkyl halides is 1. The Morgan fingerprint density at radius 1 is 1.28 bits per heavy atom. The van der Waals surface area contributed by atoms with Crippen LogP contribution in [0.25, 0.3) is 0 Å². The van der Waals surface area contributed by atoms with Crippen LogP contribution in [-0.2, 0) is 4.74 Å². The molecule has 2 atom stereocenters. The molecule has 0 saturated carbocycles. The zero-order valence-electron chi connectivity index (χ0n) is 18.2. The highest BCUT2D eigenvalue weighted by molar-refractivity contribution is 5.98. The number of rotatable bonds is 5. The SMILES string of the molecule is CC(C)(C)OC(=O)N1CC[C@@H](Nc2cc(Nc3cccc(F)c3)ncc2C(N)=O)[C@@H](F)C1. The first-order valence-corrected chi connectivity index (χ1v) is 10.2. The highest BCUT2D eigenvalue weighted by Gasteiger charge is 2.34. The number of amides is 2. The molecule has 1 aromatic carbocycles. The van der Waals surface area contributed by atoms with Gasteiger partial charge in [0.1, 0.15) is 23.4 Å². The van der Waals surface area contributed by atoms with E-state index in [4.69, 9.17) is 10.5 Å². The van der Waals surface area contributed by atoms with Crippen LogP contribution >= 0.6 is 0 Å². The molecule has 1 aliphatic rings. The summed E-state index contributed by atoms with van der Waals surface area (Å²) in [6, 6.07) is 6.66. The number of benzene rings is 1. The number of likely N-dealkylation sites (tertiary alicyclic amines) is 1. The lowest BCUT2D eigenvalue weighted by Crippen LogP contribution is -2.51. The van der Waals surface area contributed by atoms with Crippen molar-refractivity contribution >= 4 is 29.2 Å². The molecule has 1 aliphatic heterocycles. The summed E-state index contributed by atoms with van der Waals surface area (Å²) in [5, 5.41) is 5.95. The number of nitrogens with one attached hydrogen (secondary N) is 2. The first kappa shape index (κ1) is 23.2. The number of anilines is 3. The molecule has 1 aromatic heterocycles. The van der Waals surface area contributed by atoms with E-state index < -0.39 is 35.6 Å². The van der Waals surface area contributed by atoms with E-state index in [-0.39, 0.29) is 12.1 Å². The molecule has 1 fully saturated rings. The molecule has 0 bridgehead atoms. The van der Waals surface area contributed by atoms with Crippen LogP contribution in [0.3, 0.4) is 0 Å². The number of carbonyl (C=O) groups excluding carboxylic acids is 2.